The van der Waals surface area contributed by atoms with Crippen LogP contribution in [0, 0.1) is 0 Å². The highest BCUT2D eigenvalue weighted by atomic mass is 35.5. The van der Waals surface area contributed by atoms with E-state index >= 15 is 0 Å². The van der Waals surface area contributed by atoms with Crippen molar-refractivity contribution >= 4 is 45.7 Å². The molecule has 0 atom stereocenters. The summed E-state index contributed by atoms with van der Waals surface area (Å²) in [5.41, 5.74) is 3.17. The number of piperazine rings is 1. The predicted octanol–water partition coefficient (Wildman–Crippen LogP) is 4.38. The van der Waals surface area contributed by atoms with Crippen molar-refractivity contribution in [1.29, 1.82) is 0 Å². The van der Waals surface area contributed by atoms with E-state index in [0.29, 0.717) is 29.6 Å². The van der Waals surface area contributed by atoms with Gasteiger partial charge in [0.05, 0.1) is 22.2 Å². The molecule has 1 saturated heterocycles. The molecule has 27 heavy (non-hydrogen) atoms. The number of para-hydroxylation sites is 1. The number of anilines is 1. The number of benzene rings is 2. The molecular formula is C21H21Cl2N3O. The minimum Gasteiger partial charge on any atom is -0.367 e. The van der Waals surface area contributed by atoms with Gasteiger partial charge in [0.25, 0.3) is 0 Å². The Bertz CT molecular complexity index is 990. The van der Waals surface area contributed by atoms with Crippen molar-refractivity contribution in [3.63, 3.8) is 0 Å². The van der Waals surface area contributed by atoms with Gasteiger partial charge in [-0.15, -0.1) is 0 Å². The van der Waals surface area contributed by atoms with Crippen LogP contribution in [0.15, 0.2) is 48.7 Å². The van der Waals surface area contributed by atoms with Crippen molar-refractivity contribution in [2.24, 2.45) is 7.05 Å². The van der Waals surface area contributed by atoms with E-state index in [0.717, 1.165) is 35.2 Å². The summed E-state index contributed by atoms with van der Waals surface area (Å²) in [6.07, 6.45) is 2.49. The fraction of sp³-hybridized carbons (Fsp3) is 0.286. The molecule has 1 amide bonds. The minimum atomic E-state index is 0.170. The van der Waals surface area contributed by atoms with Crippen LogP contribution in [0.5, 0.6) is 0 Å². The second-order valence-electron chi connectivity index (χ2n) is 6.90. The number of amides is 1. The van der Waals surface area contributed by atoms with Crippen LogP contribution in [0.4, 0.5) is 5.69 Å². The highest BCUT2D eigenvalue weighted by Crippen LogP contribution is 2.33. The number of hydrogen-bond donors (Lipinski definition) is 0. The molecule has 2 heterocycles. The van der Waals surface area contributed by atoms with E-state index in [4.69, 9.17) is 23.2 Å². The highest BCUT2D eigenvalue weighted by Gasteiger charge is 2.23. The summed E-state index contributed by atoms with van der Waals surface area (Å²) in [7, 11) is 2.02. The van der Waals surface area contributed by atoms with E-state index in [9.17, 15) is 4.79 Å². The van der Waals surface area contributed by atoms with Gasteiger partial charge in [-0.05, 0) is 23.8 Å². The van der Waals surface area contributed by atoms with Gasteiger partial charge in [-0.1, -0.05) is 47.5 Å². The van der Waals surface area contributed by atoms with Crippen molar-refractivity contribution in [3.05, 3.63) is 64.3 Å². The van der Waals surface area contributed by atoms with Gasteiger partial charge in [-0.3, -0.25) is 4.79 Å². The Hall–Kier alpha value is -2.17. The van der Waals surface area contributed by atoms with E-state index in [1.165, 1.54) is 0 Å². The molecule has 0 unspecified atom stereocenters. The lowest BCUT2D eigenvalue weighted by Gasteiger charge is -2.36. The Morgan fingerprint density at radius 1 is 1.00 bits per heavy atom. The lowest BCUT2D eigenvalue weighted by atomic mass is 10.1. The van der Waals surface area contributed by atoms with Crippen LogP contribution in [-0.4, -0.2) is 41.6 Å². The molecule has 1 fully saturated rings. The lowest BCUT2D eigenvalue weighted by Crippen LogP contribution is -2.49. The smallest absolute Gasteiger partial charge is 0.227 e. The molecule has 1 aromatic heterocycles. The molecule has 2 aromatic carbocycles. The molecule has 0 bridgehead atoms. The number of carbonyl (C=O) groups excluding carboxylic acids is 1. The molecule has 0 N–H and O–H groups in total. The predicted molar refractivity (Wildman–Crippen MR) is 112 cm³/mol. The molecule has 3 aromatic rings. The van der Waals surface area contributed by atoms with Crippen molar-refractivity contribution in [3.8, 4) is 0 Å². The third kappa shape index (κ3) is 3.52. The molecular weight excluding hydrogens is 381 g/mol. The third-order valence-electron chi connectivity index (χ3n) is 5.23. The zero-order valence-corrected chi connectivity index (χ0v) is 16.7. The monoisotopic (exact) mass is 401 g/mol. The second kappa shape index (κ2) is 7.45. The first kappa shape index (κ1) is 18.2. The van der Waals surface area contributed by atoms with Crippen LogP contribution in [-0.2, 0) is 18.3 Å². The number of aromatic nitrogens is 1. The minimum absolute atomic E-state index is 0.170. The van der Waals surface area contributed by atoms with Crippen molar-refractivity contribution in [2.75, 3.05) is 31.1 Å². The van der Waals surface area contributed by atoms with E-state index in [1.54, 1.807) is 6.07 Å². The quantitative estimate of drug-likeness (QED) is 0.651. The first-order valence-corrected chi connectivity index (χ1v) is 9.80. The zero-order chi connectivity index (χ0) is 19.0. The van der Waals surface area contributed by atoms with Crippen molar-refractivity contribution in [2.45, 2.75) is 6.42 Å². The number of hydrogen-bond acceptors (Lipinski definition) is 2. The fourth-order valence-corrected chi connectivity index (χ4v) is 4.19. The Morgan fingerprint density at radius 3 is 2.52 bits per heavy atom. The van der Waals surface area contributed by atoms with Crippen LogP contribution in [0.3, 0.4) is 0 Å². The first-order chi connectivity index (χ1) is 13.0. The number of rotatable bonds is 3. The Labute approximate surface area is 168 Å². The second-order valence-corrected chi connectivity index (χ2v) is 7.69. The normalized spacial score (nSPS) is 14.8. The van der Waals surface area contributed by atoms with Crippen molar-refractivity contribution < 1.29 is 4.79 Å². The molecule has 140 valence electrons. The Balaban J connectivity index is 1.43. The SMILES string of the molecule is Cn1cc(CC(=O)N2CCN(c3cccc(Cl)c3Cl)CC2)c2ccccc21. The van der Waals surface area contributed by atoms with E-state index in [1.807, 2.05) is 36.2 Å². The van der Waals surface area contributed by atoms with Crippen LogP contribution in [0.2, 0.25) is 10.0 Å². The van der Waals surface area contributed by atoms with Crippen LogP contribution >= 0.6 is 23.2 Å². The maximum absolute atomic E-state index is 12.8. The standard InChI is InChI=1S/C21H21Cl2N3O/c1-24-14-15(16-5-2-3-7-18(16)24)13-20(27)26-11-9-25(10-12-26)19-8-4-6-17(22)21(19)23/h2-8,14H,9-13H2,1H3. The van der Waals surface area contributed by atoms with E-state index in [2.05, 4.69) is 27.8 Å². The van der Waals surface area contributed by atoms with E-state index < -0.39 is 0 Å². The fourth-order valence-electron chi connectivity index (χ4n) is 3.77. The first-order valence-electron chi connectivity index (χ1n) is 9.04. The molecule has 0 aliphatic carbocycles. The number of halogens is 2. The number of carbonyl (C=O) groups is 1. The van der Waals surface area contributed by atoms with Crippen LogP contribution in [0.1, 0.15) is 5.56 Å². The molecule has 4 nitrogen and oxygen atoms in total. The third-order valence-corrected chi connectivity index (χ3v) is 6.03. The van der Waals surface area contributed by atoms with E-state index in [-0.39, 0.29) is 5.91 Å². The Morgan fingerprint density at radius 2 is 1.74 bits per heavy atom. The molecule has 0 saturated carbocycles. The molecule has 0 radical (unpaired) electrons. The van der Waals surface area contributed by atoms with Crippen LogP contribution < -0.4 is 4.90 Å². The summed E-state index contributed by atoms with van der Waals surface area (Å²) in [4.78, 5) is 17.0. The lowest BCUT2D eigenvalue weighted by molar-refractivity contribution is -0.130. The van der Waals surface area contributed by atoms with Gasteiger partial charge < -0.3 is 14.4 Å². The average Bonchev–Trinajstić information content (AvgIpc) is 3.00. The zero-order valence-electron chi connectivity index (χ0n) is 15.2. The van der Waals surface area contributed by atoms with Gasteiger partial charge in [0, 0.05) is 50.3 Å². The summed E-state index contributed by atoms with van der Waals surface area (Å²) in [5.74, 6) is 0.170. The van der Waals surface area contributed by atoms with Gasteiger partial charge in [0.2, 0.25) is 5.91 Å². The topological polar surface area (TPSA) is 28.5 Å². The summed E-state index contributed by atoms with van der Waals surface area (Å²) >= 11 is 12.5. The van der Waals surface area contributed by atoms with Gasteiger partial charge >= 0.3 is 0 Å². The van der Waals surface area contributed by atoms with Crippen molar-refractivity contribution in [1.82, 2.24) is 9.47 Å². The largest absolute Gasteiger partial charge is 0.367 e. The maximum Gasteiger partial charge on any atom is 0.227 e. The van der Waals surface area contributed by atoms with Gasteiger partial charge in [0.15, 0.2) is 0 Å². The molecule has 1 aliphatic rings. The van der Waals surface area contributed by atoms with Gasteiger partial charge in [-0.25, -0.2) is 0 Å². The summed E-state index contributed by atoms with van der Waals surface area (Å²) in [6, 6.07) is 13.9. The highest BCUT2D eigenvalue weighted by molar-refractivity contribution is 6.43. The van der Waals surface area contributed by atoms with Crippen LogP contribution in [0.25, 0.3) is 10.9 Å². The van der Waals surface area contributed by atoms with Gasteiger partial charge in [-0.2, -0.15) is 0 Å². The molecule has 6 heteroatoms. The summed E-state index contributed by atoms with van der Waals surface area (Å²) in [5, 5.41) is 2.29. The molecule has 0 spiro atoms. The number of nitrogens with zero attached hydrogens (tertiary/aromatic N) is 3. The van der Waals surface area contributed by atoms with Gasteiger partial charge in [0.1, 0.15) is 0 Å². The maximum atomic E-state index is 12.8. The number of fused-ring (bicyclic) bond motifs is 1. The molecule has 4 rings (SSSR count). The number of aryl methyl sites for hydroxylation is 1. The Kier molecular flexibility index (Phi) is 5.02. The summed E-state index contributed by atoms with van der Waals surface area (Å²) in [6.45, 7) is 2.88. The summed E-state index contributed by atoms with van der Waals surface area (Å²) < 4.78 is 2.08. The average molecular weight is 402 g/mol. The molecule has 1 aliphatic heterocycles.